The molecule has 1 heterocycles. The minimum absolute atomic E-state index is 0.194. The average Bonchev–Trinajstić information content (AvgIpc) is 3.15. The van der Waals surface area contributed by atoms with Gasteiger partial charge in [0, 0.05) is 10.4 Å². The zero-order valence-electron chi connectivity index (χ0n) is 13.0. The molecule has 0 fully saturated rings. The summed E-state index contributed by atoms with van der Waals surface area (Å²) in [5.74, 6) is 0.199. The van der Waals surface area contributed by atoms with Crippen molar-refractivity contribution in [2.24, 2.45) is 0 Å². The molecule has 24 heavy (non-hydrogen) atoms. The first-order valence-electron chi connectivity index (χ1n) is 7.41. The Kier molecular flexibility index (Phi) is 4.91. The van der Waals surface area contributed by atoms with Crippen molar-refractivity contribution >= 4 is 17.2 Å². The van der Waals surface area contributed by atoms with Crippen molar-refractivity contribution in [1.29, 1.82) is 0 Å². The molecule has 1 unspecified atom stereocenters. The molecule has 5 heteroatoms. The van der Waals surface area contributed by atoms with Gasteiger partial charge in [0.05, 0.1) is 13.2 Å². The Hall–Kier alpha value is -2.66. The van der Waals surface area contributed by atoms with E-state index in [1.807, 2.05) is 17.5 Å². The van der Waals surface area contributed by atoms with E-state index in [0.717, 1.165) is 10.4 Å². The number of thiophene rings is 1. The quantitative estimate of drug-likeness (QED) is 0.746. The Morgan fingerprint density at radius 3 is 2.38 bits per heavy atom. The number of nitrogens with one attached hydrogen (secondary N) is 1. The average molecular weight is 341 g/mol. The molecule has 0 aliphatic carbocycles. The van der Waals surface area contributed by atoms with E-state index in [4.69, 9.17) is 4.74 Å². The number of halogens is 1. The molecule has 0 saturated carbocycles. The lowest BCUT2D eigenvalue weighted by Crippen LogP contribution is -2.28. The topological polar surface area (TPSA) is 38.3 Å². The molecule has 0 radical (unpaired) electrons. The molecule has 2 aromatic carbocycles. The van der Waals surface area contributed by atoms with Crippen LogP contribution in [0.5, 0.6) is 5.75 Å². The Labute approximate surface area is 143 Å². The van der Waals surface area contributed by atoms with Gasteiger partial charge in [-0.15, -0.1) is 11.3 Å². The van der Waals surface area contributed by atoms with Gasteiger partial charge in [0.15, 0.2) is 0 Å². The summed E-state index contributed by atoms with van der Waals surface area (Å²) in [6, 6.07) is 16.6. The van der Waals surface area contributed by atoms with Crippen LogP contribution < -0.4 is 10.1 Å². The molecule has 0 aliphatic heterocycles. The van der Waals surface area contributed by atoms with Gasteiger partial charge < -0.3 is 10.1 Å². The van der Waals surface area contributed by atoms with Gasteiger partial charge in [0.1, 0.15) is 11.6 Å². The van der Waals surface area contributed by atoms with E-state index in [-0.39, 0.29) is 17.8 Å². The SMILES string of the molecule is COc1ccc(C(=O)NC(c2ccc(F)cc2)c2cccs2)cc1. The van der Waals surface area contributed by atoms with Gasteiger partial charge >= 0.3 is 0 Å². The second-order valence-corrected chi connectivity index (χ2v) is 6.18. The summed E-state index contributed by atoms with van der Waals surface area (Å²) in [7, 11) is 1.58. The standard InChI is InChI=1S/C19H16FNO2S/c1-23-16-10-6-14(7-11-16)19(22)21-18(17-3-2-12-24-17)13-4-8-15(20)9-5-13/h2-12,18H,1H3,(H,21,22). The van der Waals surface area contributed by atoms with E-state index in [2.05, 4.69) is 5.32 Å². The number of ether oxygens (including phenoxy) is 1. The lowest BCUT2D eigenvalue weighted by atomic mass is 10.0. The van der Waals surface area contributed by atoms with Gasteiger partial charge in [0.2, 0.25) is 0 Å². The molecule has 3 aromatic rings. The van der Waals surface area contributed by atoms with Crippen LogP contribution in [0.15, 0.2) is 66.0 Å². The highest BCUT2D eigenvalue weighted by molar-refractivity contribution is 7.10. The van der Waals surface area contributed by atoms with Crippen molar-refractivity contribution < 1.29 is 13.9 Å². The van der Waals surface area contributed by atoms with E-state index in [0.29, 0.717) is 11.3 Å². The van der Waals surface area contributed by atoms with Crippen LogP contribution in [-0.4, -0.2) is 13.0 Å². The molecule has 0 spiro atoms. The largest absolute Gasteiger partial charge is 0.497 e. The van der Waals surface area contributed by atoms with Crippen LogP contribution in [0, 0.1) is 5.82 Å². The smallest absolute Gasteiger partial charge is 0.252 e. The molecule has 3 nitrogen and oxygen atoms in total. The monoisotopic (exact) mass is 341 g/mol. The van der Waals surface area contributed by atoms with Crippen LogP contribution >= 0.6 is 11.3 Å². The Bertz CT molecular complexity index is 798. The third-order valence-electron chi connectivity index (χ3n) is 3.66. The summed E-state index contributed by atoms with van der Waals surface area (Å²) in [5, 5.41) is 4.97. The molecular weight excluding hydrogens is 325 g/mol. The Morgan fingerprint density at radius 1 is 1.08 bits per heavy atom. The second-order valence-electron chi connectivity index (χ2n) is 5.20. The zero-order valence-corrected chi connectivity index (χ0v) is 13.8. The van der Waals surface area contributed by atoms with Gasteiger partial charge in [-0.2, -0.15) is 0 Å². The second kappa shape index (κ2) is 7.27. The van der Waals surface area contributed by atoms with Crippen LogP contribution in [0.2, 0.25) is 0 Å². The van der Waals surface area contributed by atoms with Crippen LogP contribution in [-0.2, 0) is 0 Å². The highest BCUT2D eigenvalue weighted by atomic mass is 32.1. The fraction of sp³-hybridized carbons (Fsp3) is 0.105. The molecule has 122 valence electrons. The predicted octanol–water partition coefficient (Wildman–Crippen LogP) is 4.42. The summed E-state index contributed by atoms with van der Waals surface area (Å²) < 4.78 is 18.3. The third kappa shape index (κ3) is 3.63. The van der Waals surface area contributed by atoms with E-state index in [1.54, 1.807) is 54.8 Å². The molecule has 1 aromatic heterocycles. The van der Waals surface area contributed by atoms with Gasteiger partial charge in [-0.05, 0) is 53.4 Å². The molecule has 1 atom stereocenters. The van der Waals surface area contributed by atoms with Gasteiger partial charge in [-0.1, -0.05) is 18.2 Å². The number of amides is 1. The zero-order chi connectivity index (χ0) is 16.9. The van der Waals surface area contributed by atoms with E-state index >= 15 is 0 Å². The molecular formula is C19H16FNO2S. The van der Waals surface area contributed by atoms with Gasteiger partial charge in [-0.25, -0.2) is 4.39 Å². The summed E-state index contributed by atoms with van der Waals surface area (Å²) in [6.07, 6.45) is 0. The fourth-order valence-electron chi connectivity index (χ4n) is 2.39. The summed E-state index contributed by atoms with van der Waals surface area (Å²) in [6.45, 7) is 0. The number of hydrogen-bond donors (Lipinski definition) is 1. The van der Waals surface area contributed by atoms with Crippen molar-refractivity contribution in [1.82, 2.24) is 5.32 Å². The van der Waals surface area contributed by atoms with Crippen LogP contribution in [0.25, 0.3) is 0 Å². The van der Waals surface area contributed by atoms with Crippen molar-refractivity contribution in [3.05, 3.63) is 87.9 Å². The molecule has 3 rings (SSSR count). The molecule has 0 saturated heterocycles. The first-order chi connectivity index (χ1) is 11.7. The number of methoxy groups -OCH3 is 1. The first-order valence-corrected chi connectivity index (χ1v) is 8.29. The molecule has 0 bridgehead atoms. The maximum absolute atomic E-state index is 13.2. The lowest BCUT2D eigenvalue weighted by Gasteiger charge is -2.18. The van der Waals surface area contributed by atoms with Crippen LogP contribution in [0.4, 0.5) is 4.39 Å². The van der Waals surface area contributed by atoms with Crippen molar-refractivity contribution in [2.45, 2.75) is 6.04 Å². The molecule has 1 amide bonds. The van der Waals surface area contributed by atoms with Gasteiger partial charge in [-0.3, -0.25) is 4.79 Å². The maximum Gasteiger partial charge on any atom is 0.252 e. The Balaban J connectivity index is 1.86. The highest BCUT2D eigenvalue weighted by Crippen LogP contribution is 2.26. The number of rotatable bonds is 5. The Morgan fingerprint density at radius 2 is 1.79 bits per heavy atom. The van der Waals surface area contributed by atoms with Crippen molar-refractivity contribution in [3.63, 3.8) is 0 Å². The van der Waals surface area contributed by atoms with Crippen LogP contribution in [0.3, 0.4) is 0 Å². The van der Waals surface area contributed by atoms with Crippen molar-refractivity contribution in [3.8, 4) is 5.75 Å². The fourth-order valence-corrected chi connectivity index (χ4v) is 3.19. The highest BCUT2D eigenvalue weighted by Gasteiger charge is 2.19. The summed E-state index contributed by atoms with van der Waals surface area (Å²) in [5.41, 5.74) is 1.38. The number of carbonyl (C=O) groups is 1. The first kappa shape index (κ1) is 16.2. The van der Waals surface area contributed by atoms with Crippen molar-refractivity contribution in [2.75, 3.05) is 7.11 Å². The summed E-state index contributed by atoms with van der Waals surface area (Å²) >= 11 is 1.54. The number of hydrogen-bond acceptors (Lipinski definition) is 3. The predicted molar refractivity (Wildman–Crippen MR) is 93.0 cm³/mol. The number of carbonyl (C=O) groups excluding carboxylic acids is 1. The van der Waals surface area contributed by atoms with E-state index in [9.17, 15) is 9.18 Å². The summed E-state index contributed by atoms with van der Waals surface area (Å²) in [4.78, 5) is 13.6. The normalized spacial score (nSPS) is 11.8. The number of benzene rings is 2. The third-order valence-corrected chi connectivity index (χ3v) is 4.60. The molecule has 1 N–H and O–H groups in total. The minimum Gasteiger partial charge on any atom is -0.497 e. The minimum atomic E-state index is -0.319. The lowest BCUT2D eigenvalue weighted by molar-refractivity contribution is 0.0943. The molecule has 0 aliphatic rings. The van der Waals surface area contributed by atoms with Gasteiger partial charge in [0.25, 0.3) is 5.91 Å². The van der Waals surface area contributed by atoms with E-state index < -0.39 is 0 Å². The maximum atomic E-state index is 13.2. The van der Waals surface area contributed by atoms with Crippen LogP contribution in [0.1, 0.15) is 26.8 Å². The van der Waals surface area contributed by atoms with E-state index in [1.165, 1.54) is 12.1 Å².